The molecule has 1 aliphatic rings. The molecular formula is C15H17BrN4O. The molecule has 1 saturated heterocycles. The van der Waals surface area contributed by atoms with Gasteiger partial charge >= 0.3 is 0 Å². The molecule has 1 aromatic carbocycles. The van der Waals surface area contributed by atoms with E-state index >= 15 is 0 Å². The van der Waals surface area contributed by atoms with E-state index in [1.54, 1.807) is 12.4 Å². The fraction of sp³-hybridized carbons (Fsp3) is 0.333. The molecule has 0 spiro atoms. The molecule has 1 aromatic heterocycles. The van der Waals surface area contributed by atoms with E-state index in [0.29, 0.717) is 5.88 Å². The first-order chi connectivity index (χ1) is 10.2. The number of aromatic nitrogens is 2. The van der Waals surface area contributed by atoms with Crippen molar-refractivity contribution in [2.24, 2.45) is 5.73 Å². The van der Waals surface area contributed by atoms with Crippen LogP contribution in [0.5, 0.6) is 11.6 Å². The second kappa shape index (κ2) is 6.41. The van der Waals surface area contributed by atoms with Gasteiger partial charge in [0.25, 0.3) is 5.88 Å². The van der Waals surface area contributed by atoms with Crippen molar-refractivity contribution >= 4 is 21.7 Å². The van der Waals surface area contributed by atoms with Crippen LogP contribution in [-0.4, -0.2) is 29.1 Å². The van der Waals surface area contributed by atoms with Crippen LogP contribution in [0.4, 0.5) is 5.82 Å². The monoisotopic (exact) mass is 348 g/mol. The molecule has 0 aliphatic carbocycles. The molecule has 6 heteroatoms. The largest absolute Gasteiger partial charge is 0.436 e. The van der Waals surface area contributed by atoms with Crippen molar-refractivity contribution in [2.75, 3.05) is 18.0 Å². The highest BCUT2D eigenvalue weighted by Crippen LogP contribution is 2.30. The van der Waals surface area contributed by atoms with E-state index in [1.165, 1.54) is 0 Å². The third-order valence-corrected chi connectivity index (χ3v) is 4.04. The summed E-state index contributed by atoms with van der Waals surface area (Å²) in [5.74, 6) is 2.07. The first kappa shape index (κ1) is 14.3. The Balaban J connectivity index is 1.80. The Morgan fingerprint density at radius 1 is 1.10 bits per heavy atom. The number of nitrogens with two attached hydrogens (primary N) is 1. The van der Waals surface area contributed by atoms with Crippen LogP contribution in [0.1, 0.15) is 12.8 Å². The molecule has 0 amide bonds. The van der Waals surface area contributed by atoms with Gasteiger partial charge in [-0.25, -0.2) is 9.97 Å². The summed E-state index contributed by atoms with van der Waals surface area (Å²) >= 11 is 3.41. The van der Waals surface area contributed by atoms with Crippen LogP contribution in [0, 0.1) is 0 Å². The highest BCUT2D eigenvalue weighted by Gasteiger charge is 2.21. The van der Waals surface area contributed by atoms with Crippen molar-refractivity contribution < 1.29 is 4.74 Å². The van der Waals surface area contributed by atoms with Crippen molar-refractivity contribution in [3.05, 3.63) is 41.1 Å². The van der Waals surface area contributed by atoms with Crippen LogP contribution in [0.3, 0.4) is 0 Å². The van der Waals surface area contributed by atoms with Gasteiger partial charge in [0, 0.05) is 36.0 Å². The second-order valence-electron chi connectivity index (χ2n) is 5.07. The Bertz CT molecular complexity index is 597. The highest BCUT2D eigenvalue weighted by molar-refractivity contribution is 9.10. The van der Waals surface area contributed by atoms with Crippen LogP contribution in [-0.2, 0) is 0 Å². The van der Waals surface area contributed by atoms with Crippen molar-refractivity contribution in [1.82, 2.24) is 9.97 Å². The average Bonchev–Trinajstić information content (AvgIpc) is 2.51. The molecule has 2 N–H and O–H groups in total. The van der Waals surface area contributed by atoms with Crippen molar-refractivity contribution in [3.8, 4) is 11.6 Å². The number of anilines is 1. The molecule has 110 valence electrons. The lowest BCUT2D eigenvalue weighted by molar-refractivity contribution is 0.448. The summed E-state index contributed by atoms with van der Waals surface area (Å²) in [6, 6.07) is 7.95. The predicted octanol–water partition coefficient (Wildman–Crippen LogP) is 2.96. The minimum atomic E-state index is 0.286. The minimum Gasteiger partial charge on any atom is -0.436 e. The zero-order valence-corrected chi connectivity index (χ0v) is 13.2. The van der Waals surface area contributed by atoms with Crippen molar-refractivity contribution in [1.29, 1.82) is 0 Å². The molecule has 0 atom stereocenters. The van der Waals surface area contributed by atoms with E-state index in [4.69, 9.17) is 10.5 Å². The quantitative estimate of drug-likeness (QED) is 0.923. The summed E-state index contributed by atoms with van der Waals surface area (Å²) in [6.45, 7) is 1.77. The number of hydrogen-bond acceptors (Lipinski definition) is 5. The zero-order valence-electron chi connectivity index (χ0n) is 11.6. The van der Waals surface area contributed by atoms with E-state index in [2.05, 4.69) is 30.8 Å². The molecule has 1 aliphatic heterocycles. The summed E-state index contributed by atoms with van der Waals surface area (Å²) in [4.78, 5) is 10.9. The van der Waals surface area contributed by atoms with Crippen molar-refractivity contribution in [3.63, 3.8) is 0 Å². The van der Waals surface area contributed by atoms with E-state index in [-0.39, 0.29) is 6.04 Å². The maximum absolute atomic E-state index is 5.95. The molecule has 0 unspecified atom stereocenters. The highest BCUT2D eigenvalue weighted by atomic mass is 79.9. The number of ether oxygens (including phenoxy) is 1. The molecule has 2 heterocycles. The van der Waals surface area contributed by atoms with Crippen LogP contribution in [0.25, 0.3) is 0 Å². The van der Waals surface area contributed by atoms with Gasteiger partial charge in [0.1, 0.15) is 5.75 Å². The van der Waals surface area contributed by atoms with Gasteiger partial charge in [0.05, 0.1) is 0 Å². The molecule has 21 heavy (non-hydrogen) atoms. The number of nitrogens with zero attached hydrogens (tertiary/aromatic N) is 3. The second-order valence-corrected chi connectivity index (χ2v) is 5.98. The standard InChI is InChI=1S/C15H17BrN4O/c16-11-1-3-13(4-2-11)21-15-14(18-7-8-19-15)20-9-5-12(17)6-10-20/h1-4,7-8,12H,5-6,9-10,17H2. The average molecular weight is 349 g/mol. The Labute approximate surface area is 132 Å². The number of halogens is 1. The fourth-order valence-corrected chi connectivity index (χ4v) is 2.60. The summed E-state index contributed by atoms with van der Waals surface area (Å²) in [5.41, 5.74) is 5.95. The van der Waals surface area contributed by atoms with Gasteiger partial charge in [-0.05, 0) is 37.1 Å². The maximum Gasteiger partial charge on any atom is 0.263 e. The lowest BCUT2D eigenvalue weighted by Crippen LogP contribution is -2.40. The van der Waals surface area contributed by atoms with Crippen molar-refractivity contribution in [2.45, 2.75) is 18.9 Å². The summed E-state index contributed by atoms with van der Waals surface area (Å²) < 4.78 is 6.89. The summed E-state index contributed by atoms with van der Waals surface area (Å²) in [5, 5.41) is 0. The number of benzene rings is 1. The molecule has 2 aromatic rings. The Hall–Kier alpha value is -1.66. The van der Waals surface area contributed by atoms with E-state index in [1.807, 2.05) is 24.3 Å². The number of piperidine rings is 1. The van der Waals surface area contributed by atoms with Gasteiger partial charge < -0.3 is 15.4 Å². The van der Waals surface area contributed by atoms with Gasteiger partial charge in [-0.15, -0.1) is 0 Å². The minimum absolute atomic E-state index is 0.286. The third kappa shape index (κ3) is 3.51. The lowest BCUT2D eigenvalue weighted by atomic mass is 10.1. The van der Waals surface area contributed by atoms with Gasteiger partial charge in [-0.3, -0.25) is 0 Å². The van der Waals surface area contributed by atoms with E-state index < -0.39 is 0 Å². The number of hydrogen-bond donors (Lipinski definition) is 1. The maximum atomic E-state index is 5.95. The van der Waals surface area contributed by atoms with Gasteiger partial charge in [0.2, 0.25) is 0 Å². The molecule has 3 rings (SSSR count). The predicted molar refractivity (Wildman–Crippen MR) is 85.7 cm³/mol. The smallest absolute Gasteiger partial charge is 0.263 e. The third-order valence-electron chi connectivity index (χ3n) is 3.51. The Morgan fingerprint density at radius 2 is 1.76 bits per heavy atom. The van der Waals surface area contributed by atoms with Gasteiger partial charge in [-0.1, -0.05) is 15.9 Å². The summed E-state index contributed by atoms with van der Waals surface area (Å²) in [7, 11) is 0. The van der Waals surface area contributed by atoms with Gasteiger partial charge in [0.15, 0.2) is 5.82 Å². The Morgan fingerprint density at radius 3 is 2.48 bits per heavy atom. The van der Waals surface area contributed by atoms with Crippen LogP contribution in [0.15, 0.2) is 41.1 Å². The zero-order chi connectivity index (χ0) is 14.7. The molecule has 1 fully saturated rings. The fourth-order valence-electron chi connectivity index (χ4n) is 2.33. The normalized spacial score (nSPS) is 16.0. The van der Waals surface area contributed by atoms with Gasteiger partial charge in [-0.2, -0.15) is 0 Å². The van der Waals surface area contributed by atoms with E-state index in [0.717, 1.165) is 42.0 Å². The van der Waals surface area contributed by atoms with Crippen LogP contribution >= 0.6 is 15.9 Å². The lowest BCUT2D eigenvalue weighted by Gasteiger charge is -2.31. The molecule has 0 bridgehead atoms. The molecule has 0 radical (unpaired) electrons. The van der Waals surface area contributed by atoms with Crippen LogP contribution < -0.4 is 15.4 Å². The Kier molecular flexibility index (Phi) is 4.36. The molecule has 5 nitrogen and oxygen atoms in total. The molecule has 0 saturated carbocycles. The SMILES string of the molecule is NC1CCN(c2nccnc2Oc2ccc(Br)cc2)CC1. The van der Waals surface area contributed by atoms with E-state index in [9.17, 15) is 0 Å². The molecular weight excluding hydrogens is 332 g/mol. The topological polar surface area (TPSA) is 64.3 Å². The first-order valence-corrected chi connectivity index (χ1v) is 7.76. The number of rotatable bonds is 3. The first-order valence-electron chi connectivity index (χ1n) is 6.97. The van der Waals surface area contributed by atoms with Crippen LogP contribution in [0.2, 0.25) is 0 Å². The summed E-state index contributed by atoms with van der Waals surface area (Å²) in [6.07, 6.45) is 5.27.